The third-order valence-corrected chi connectivity index (χ3v) is 6.29. The predicted octanol–water partition coefficient (Wildman–Crippen LogP) is 0.400. The highest BCUT2D eigenvalue weighted by Gasteiger charge is 2.60. The summed E-state index contributed by atoms with van der Waals surface area (Å²) in [4.78, 5) is 14.3. The van der Waals surface area contributed by atoms with Crippen molar-refractivity contribution in [3.63, 3.8) is 0 Å². The number of carbonyl (C=O) groups is 1. The smallest absolute Gasteiger partial charge is 0.230 e. The summed E-state index contributed by atoms with van der Waals surface area (Å²) in [5.41, 5.74) is 1.03. The van der Waals surface area contributed by atoms with Gasteiger partial charge in [-0.05, 0) is 30.6 Å². The van der Waals surface area contributed by atoms with Crippen LogP contribution in [0.15, 0.2) is 12.2 Å². The first-order valence-electron chi connectivity index (χ1n) is 8.36. The third kappa shape index (κ3) is 2.42. The molecular weight excluding hydrogens is 264 g/mol. The lowest BCUT2D eigenvalue weighted by Crippen LogP contribution is -3.14. The fraction of sp³-hybridized carbons (Fsp3) is 0.824. The van der Waals surface area contributed by atoms with Crippen LogP contribution in [0.25, 0.3) is 0 Å². The molecule has 1 saturated heterocycles. The van der Waals surface area contributed by atoms with E-state index < -0.39 is 0 Å². The molecule has 3 rings (SSSR count). The summed E-state index contributed by atoms with van der Waals surface area (Å²) in [6.45, 7) is 14.4. The van der Waals surface area contributed by atoms with Gasteiger partial charge in [-0.25, -0.2) is 0 Å². The highest BCUT2D eigenvalue weighted by Crippen LogP contribution is 2.65. The lowest BCUT2D eigenvalue weighted by molar-refractivity contribution is -0.906. The Kier molecular flexibility index (Phi) is 3.87. The molecule has 2 aliphatic carbocycles. The van der Waals surface area contributed by atoms with Gasteiger partial charge in [0.05, 0.1) is 31.7 Å². The van der Waals surface area contributed by atoms with Crippen LogP contribution in [0.4, 0.5) is 0 Å². The molecular formula is C17H29N2O2+. The fourth-order valence-electron chi connectivity index (χ4n) is 4.57. The maximum atomic E-state index is 12.8. The second-order valence-electron chi connectivity index (χ2n) is 7.59. The largest absolute Gasteiger partial charge is 0.370 e. The first-order valence-corrected chi connectivity index (χ1v) is 8.36. The molecule has 2 atom stereocenters. The monoisotopic (exact) mass is 293 g/mol. The Morgan fingerprint density at radius 1 is 1.43 bits per heavy atom. The van der Waals surface area contributed by atoms with Crippen LogP contribution in [-0.4, -0.2) is 45.3 Å². The topological polar surface area (TPSA) is 42.8 Å². The number of ether oxygens (including phenoxy) is 1. The van der Waals surface area contributed by atoms with Crippen LogP contribution in [0.2, 0.25) is 0 Å². The molecule has 2 N–H and O–H groups in total. The number of carbonyl (C=O) groups excluding carboxylic acids is 1. The maximum absolute atomic E-state index is 12.8. The summed E-state index contributed by atoms with van der Waals surface area (Å²) in [6.07, 6.45) is 3.18. The van der Waals surface area contributed by atoms with Gasteiger partial charge in [-0.2, -0.15) is 0 Å². The molecule has 0 aromatic carbocycles. The number of nitrogens with one attached hydrogen (secondary N) is 2. The highest BCUT2D eigenvalue weighted by atomic mass is 16.5. The number of fused-ring (bicyclic) bond motifs is 2. The average Bonchev–Trinajstić information content (AvgIpc) is 3.00. The van der Waals surface area contributed by atoms with E-state index in [0.29, 0.717) is 5.92 Å². The summed E-state index contributed by atoms with van der Waals surface area (Å²) in [5, 5.41) is 3.20. The first-order chi connectivity index (χ1) is 9.97. The van der Waals surface area contributed by atoms with E-state index in [9.17, 15) is 4.79 Å². The molecule has 118 valence electrons. The molecule has 2 saturated carbocycles. The Labute approximate surface area is 127 Å². The standard InChI is InChI=1S/C17H28N2O2/c1-13-16(2,3)14-4-5-17(13,12-14)15(20)18-6-7-19-8-10-21-11-9-19/h14H,1,4-12H2,2-3H3,(H,18,20)/p+1/t14-,17+/m1/s1. The van der Waals surface area contributed by atoms with E-state index in [1.165, 1.54) is 16.9 Å². The molecule has 0 aromatic heterocycles. The quantitative estimate of drug-likeness (QED) is 0.737. The van der Waals surface area contributed by atoms with Crippen LogP contribution in [0.3, 0.4) is 0 Å². The van der Waals surface area contributed by atoms with Crippen molar-refractivity contribution >= 4 is 5.91 Å². The summed E-state index contributed by atoms with van der Waals surface area (Å²) < 4.78 is 5.36. The molecule has 1 heterocycles. The normalized spacial score (nSPS) is 35.1. The number of quaternary nitrogens is 1. The molecule has 0 unspecified atom stereocenters. The minimum absolute atomic E-state index is 0.130. The molecule has 3 aliphatic rings. The fourth-order valence-corrected chi connectivity index (χ4v) is 4.57. The van der Waals surface area contributed by atoms with Crippen molar-refractivity contribution in [3.05, 3.63) is 12.2 Å². The van der Waals surface area contributed by atoms with Crippen LogP contribution in [0, 0.1) is 16.7 Å². The van der Waals surface area contributed by atoms with Crippen molar-refractivity contribution in [2.45, 2.75) is 33.1 Å². The minimum Gasteiger partial charge on any atom is -0.370 e. The SMILES string of the molecule is C=C1C(C)(C)[C@@H]2CC[C@]1(C(=O)NCC[NH+]1CCOCC1)C2. The van der Waals surface area contributed by atoms with E-state index in [1.54, 1.807) is 0 Å². The van der Waals surface area contributed by atoms with E-state index in [2.05, 4.69) is 25.7 Å². The van der Waals surface area contributed by atoms with E-state index >= 15 is 0 Å². The lowest BCUT2D eigenvalue weighted by atomic mass is 9.68. The summed E-state index contributed by atoms with van der Waals surface area (Å²) in [5.74, 6) is 0.869. The zero-order valence-corrected chi connectivity index (χ0v) is 13.5. The Morgan fingerprint density at radius 2 is 2.14 bits per heavy atom. The summed E-state index contributed by atoms with van der Waals surface area (Å²) >= 11 is 0. The molecule has 0 aromatic rings. The molecule has 3 fully saturated rings. The lowest BCUT2D eigenvalue weighted by Gasteiger charge is -2.37. The molecule has 2 bridgehead atoms. The Balaban J connectivity index is 1.55. The van der Waals surface area contributed by atoms with Crippen LogP contribution < -0.4 is 10.2 Å². The van der Waals surface area contributed by atoms with E-state index in [-0.39, 0.29) is 16.7 Å². The van der Waals surface area contributed by atoms with Crippen LogP contribution in [-0.2, 0) is 9.53 Å². The van der Waals surface area contributed by atoms with Crippen LogP contribution in [0.5, 0.6) is 0 Å². The number of hydrogen-bond donors (Lipinski definition) is 2. The van der Waals surface area contributed by atoms with Gasteiger partial charge in [-0.15, -0.1) is 0 Å². The maximum Gasteiger partial charge on any atom is 0.230 e. The third-order valence-electron chi connectivity index (χ3n) is 6.29. The first kappa shape index (κ1) is 15.0. The Hall–Kier alpha value is -0.870. The van der Waals surface area contributed by atoms with Crippen LogP contribution >= 0.6 is 0 Å². The van der Waals surface area contributed by atoms with E-state index in [1.807, 2.05) is 0 Å². The molecule has 4 nitrogen and oxygen atoms in total. The van der Waals surface area contributed by atoms with Gasteiger partial charge >= 0.3 is 0 Å². The molecule has 1 amide bonds. The van der Waals surface area contributed by atoms with Crippen molar-refractivity contribution in [1.29, 1.82) is 0 Å². The highest BCUT2D eigenvalue weighted by molar-refractivity contribution is 5.87. The van der Waals surface area contributed by atoms with Gasteiger partial charge < -0.3 is 15.0 Å². The van der Waals surface area contributed by atoms with Crippen molar-refractivity contribution < 1.29 is 14.4 Å². The van der Waals surface area contributed by atoms with Crippen LogP contribution in [0.1, 0.15) is 33.1 Å². The minimum atomic E-state index is -0.269. The molecule has 1 aliphatic heterocycles. The van der Waals surface area contributed by atoms with Crippen molar-refractivity contribution in [1.82, 2.24) is 5.32 Å². The summed E-state index contributed by atoms with van der Waals surface area (Å²) in [6, 6.07) is 0. The number of morpholine rings is 1. The van der Waals surface area contributed by atoms with Gasteiger partial charge in [-0.3, -0.25) is 4.79 Å². The van der Waals surface area contributed by atoms with Gasteiger partial charge in [0, 0.05) is 0 Å². The van der Waals surface area contributed by atoms with Gasteiger partial charge in [0.15, 0.2) is 0 Å². The molecule has 21 heavy (non-hydrogen) atoms. The Morgan fingerprint density at radius 3 is 2.76 bits per heavy atom. The van der Waals surface area contributed by atoms with Crippen molar-refractivity contribution in [2.75, 3.05) is 39.4 Å². The molecule has 0 radical (unpaired) electrons. The van der Waals surface area contributed by atoms with Gasteiger partial charge in [0.25, 0.3) is 0 Å². The zero-order chi connectivity index (χ0) is 15.1. The van der Waals surface area contributed by atoms with Crippen molar-refractivity contribution in [3.8, 4) is 0 Å². The van der Waals surface area contributed by atoms with Gasteiger partial charge in [0.1, 0.15) is 13.1 Å². The predicted molar refractivity (Wildman–Crippen MR) is 82.1 cm³/mol. The Bertz CT molecular complexity index is 440. The average molecular weight is 293 g/mol. The summed E-state index contributed by atoms with van der Waals surface area (Å²) in [7, 11) is 0. The molecule has 4 heteroatoms. The van der Waals surface area contributed by atoms with E-state index in [0.717, 1.165) is 52.2 Å². The van der Waals surface area contributed by atoms with Gasteiger partial charge in [-0.1, -0.05) is 26.0 Å². The zero-order valence-electron chi connectivity index (χ0n) is 13.5. The molecule has 0 spiro atoms. The second kappa shape index (κ2) is 5.40. The number of amides is 1. The van der Waals surface area contributed by atoms with E-state index in [4.69, 9.17) is 4.74 Å². The second-order valence-corrected chi connectivity index (χ2v) is 7.59. The number of rotatable bonds is 4. The van der Waals surface area contributed by atoms with Crippen molar-refractivity contribution in [2.24, 2.45) is 16.7 Å². The number of hydrogen-bond acceptors (Lipinski definition) is 2. The van der Waals surface area contributed by atoms with Gasteiger partial charge in [0.2, 0.25) is 5.91 Å².